The number of carbonyl (C=O) groups excluding carboxylic acids is 1. The van der Waals surface area contributed by atoms with Crippen LogP contribution in [0.4, 0.5) is 18.9 Å². The Balaban J connectivity index is 1.57. The van der Waals surface area contributed by atoms with Crippen molar-refractivity contribution in [2.75, 3.05) is 18.5 Å². The SMILES string of the molecule is N#Cc1cc(NC(=O)CCNS(=O)(=O)c2ccc3ccccc3c2)ccc1OCC(F)(F)F. The molecule has 7 nitrogen and oxygen atoms in total. The van der Waals surface area contributed by atoms with E-state index < -0.39 is 28.7 Å². The van der Waals surface area contributed by atoms with Crippen molar-refractivity contribution in [3.8, 4) is 11.8 Å². The van der Waals surface area contributed by atoms with Crippen LogP contribution in [0.25, 0.3) is 10.8 Å². The zero-order valence-electron chi connectivity index (χ0n) is 17.0. The maximum Gasteiger partial charge on any atom is 0.422 e. The molecule has 0 aliphatic carbocycles. The summed E-state index contributed by atoms with van der Waals surface area (Å²) in [6.07, 6.45) is -4.76. The van der Waals surface area contributed by atoms with Gasteiger partial charge in [-0.3, -0.25) is 4.79 Å². The van der Waals surface area contributed by atoms with Gasteiger partial charge in [0.15, 0.2) is 6.61 Å². The van der Waals surface area contributed by atoms with E-state index in [0.29, 0.717) is 0 Å². The van der Waals surface area contributed by atoms with Gasteiger partial charge in [0.25, 0.3) is 0 Å². The number of ether oxygens (including phenoxy) is 1. The highest BCUT2D eigenvalue weighted by molar-refractivity contribution is 7.89. The molecule has 0 spiro atoms. The van der Waals surface area contributed by atoms with Gasteiger partial charge in [0.2, 0.25) is 15.9 Å². The second kappa shape index (κ2) is 9.89. The van der Waals surface area contributed by atoms with Crippen LogP contribution in [0.15, 0.2) is 65.6 Å². The first kappa shape index (κ1) is 24.0. The average Bonchev–Trinajstić information content (AvgIpc) is 2.77. The van der Waals surface area contributed by atoms with Crippen molar-refractivity contribution in [3.05, 3.63) is 66.2 Å². The number of benzene rings is 3. The Bertz CT molecular complexity index is 1320. The highest BCUT2D eigenvalue weighted by Gasteiger charge is 2.29. The topological polar surface area (TPSA) is 108 Å². The predicted molar refractivity (Wildman–Crippen MR) is 115 cm³/mol. The Labute approximate surface area is 187 Å². The van der Waals surface area contributed by atoms with E-state index in [4.69, 9.17) is 5.26 Å². The van der Waals surface area contributed by atoms with Gasteiger partial charge >= 0.3 is 6.18 Å². The Morgan fingerprint density at radius 1 is 1.03 bits per heavy atom. The van der Waals surface area contributed by atoms with E-state index in [1.54, 1.807) is 24.3 Å². The second-order valence-corrected chi connectivity index (χ2v) is 8.70. The van der Waals surface area contributed by atoms with Crippen LogP contribution in [-0.4, -0.2) is 33.7 Å². The molecule has 11 heteroatoms. The molecule has 0 atom stereocenters. The first-order chi connectivity index (χ1) is 15.6. The van der Waals surface area contributed by atoms with Crippen LogP contribution in [0.2, 0.25) is 0 Å². The van der Waals surface area contributed by atoms with Crippen LogP contribution in [0.5, 0.6) is 5.75 Å². The normalized spacial score (nSPS) is 11.7. The van der Waals surface area contributed by atoms with Gasteiger partial charge in [0.05, 0.1) is 10.5 Å². The van der Waals surface area contributed by atoms with Crippen molar-refractivity contribution in [1.82, 2.24) is 4.72 Å². The van der Waals surface area contributed by atoms with Crippen molar-refractivity contribution in [1.29, 1.82) is 5.26 Å². The molecule has 33 heavy (non-hydrogen) atoms. The summed E-state index contributed by atoms with van der Waals surface area (Å²) in [5, 5.41) is 13.2. The third-order valence-electron chi connectivity index (χ3n) is 4.45. The number of alkyl halides is 3. The summed E-state index contributed by atoms with van der Waals surface area (Å²) in [5.41, 5.74) is -0.0256. The number of anilines is 1. The third kappa shape index (κ3) is 6.68. The monoisotopic (exact) mass is 477 g/mol. The van der Waals surface area contributed by atoms with Crippen LogP contribution in [0.3, 0.4) is 0 Å². The number of amides is 1. The fraction of sp³-hybridized carbons (Fsp3) is 0.182. The van der Waals surface area contributed by atoms with Crippen molar-refractivity contribution < 1.29 is 31.1 Å². The van der Waals surface area contributed by atoms with E-state index in [9.17, 15) is 26.4 Å². The number of nitriles is 1. The molecule has 0 unspecified atom stereocenters. The molecule has 0 radical (unpaired) electrons. The minimum absolute atomic E-state index is 0.0646. The summed E-state index contributed by atoms with van der Waals surface area (Å²) in [6.45, 7) is -1.73. The van der Waals surface area contributed by atoms with E-state index in [1.165, 1.54) is 24.3 Å². The molecule has 2 N–H and O–H groups in total. The standard InChI is InChI=1S/C22H18F3N3O4S/c23-22(24,25)14-32-20-8-6-18(11-17(20)13-26)28-21(29)9-10-27-33(30,31)19-7-5-15-3-1-2-4-16(15)12-19/h1-8,11-12,27H,9-10,14H2,(H,28,29). The van der Waals surface area contributed by atoms with Crippen LogP contribution in [0.1, 0.15) is 12.0 Å². The number of rotatable bonds is 8. The van der Waals surface area contributed by atoms with E-state index in [1.807, 2.05) is 12.1 Å². The molecule has 3 aromatic carbocycles. The first-order valence-electron chi connectivity index (χ1n) is 9.59. The minimum Gasteiger partial charge on any atom is -0.483 e. The number of halogens is 3. The molecular formula is C22H18F3N3O4S. The molecule has 172 valence electrons. The Morgan fingerprint density at radius 3 is 2.45 bits per heavy atom. The van der Waals surface area contributed by atoms with E-state index in [-0.39, 0.29) is 34.9 Å². The highest BCUT2D eigenvalue weighted by atomic mass is 32.2. The van der Waals surface area contributed by atoms with Gasteiger partial charge in [-0.2, -0.15) is 18.4 Å². The molecule has 0 fully saturated rings. The van der Waals surface area contributed by atoms with Crippen molar-refractivity contribution in [2.24, 2.45) is 0 Å². The summed E-state index contributed by atoms with van der Waals surface area (Å²) >= 11 is 0. The van der Waals surface area contributed by atoms with Crippen molar-refractivity contribution in [3.63, 3.8) is 0 Å². The lowest BCUT2D eigenvalue weighted by Crippen LogP contribution is -2.27. The lowest BCUT2D eigenvalue weighted by atomic mass is 10.1. The molecule has 0 aromatic heterocycles. The lowest BCUT2D eigenvalue weighted by molar-refractivity contribution is -0.153. The largest absolute Gasteiger partial charge is 0.483 e. The Morgan fingerprint density at radius 2 is 1.76 bits per heavy atom. The fourth-order valence-corrected chi connectivity index (χ4v) is 3.99. The quantitative estimate of drug-likeness (QED) is 0.511. The number of carbonyl (C=O) groups is 1. The summed E-state index contributed by atoms with van der Waals surface area (Å²) in [7, 11) is -3.84. The molecule has 0 saturated heterocycles. The van der Waals surface area contributed by atoms with Crippen LogP contribution in [0, 0.1) is 11.3 Å². The third-order valence-corrected chi connectivity index (χ3v) is 5.91. The number of nitrogens with one attached hydrogen (secondary N) is 2. The second-order valence-electron chi connectivity index (χ2n) is 6.93. The molecule has 1 amide bonds. The van der Waals surface area contributed by atoms with Crippen molar-refractivity contribution in [2.45, 2.75) is 17.5 Å². The smallest absolute Gasteiger partial charge is 0.422 e. The fourth-order valence-electron chi connectivity index (χ4n) is 2.92. The number of hydrogen-bond donors (Lipinski definition) is 2. The zero-order valence-corrected chi connectivity index (χ0v) is 17.8. The van der Waals surface area contributed by atoms with Gasteiger partial charge < -0.3 is 10.1 Å². The molecule has 3 rings (SSSR count). The van der Waals surface area contributed by atoms with Crippen LogP contribution in [-0.2, 0) is 14.8 Å². The molecule has 0 bridgehead atoms. The summed E-state index contributed by atoms with van der Waals surface area (Å²) in [5.74, 6) is -0.819. The summed E-state index contributed by atoms with van der Waals surface area (Å²) < 4.78 is 68.8. The zero-order chi connectivity index (χ0) is 24.1. The number of nitrogens with zero attached hydrogens (tertiary/aromatic N) is 1. The molecule has 0 aliphatic rings. The van der Waals surface area contributed by atoms with Gasteiger partial charge in [-0.1, -0.05) is 30.3 Å². The van der Waals surface area contributed by atoms with E-state index in [2.05, 4.69) is 14.8 Å². The summed E-state index contributed by atoms with van der Waals surface area (Å²) in [6, 6.07) is 17.3. The minimum atomic E-state index is -4.56. The maximum absolute atomic E-state index is 12.5. The Kier molecular flexibility index (Phi) is 7.20. The highest BCUT2D eigenvalue weighted by Crippen LogP contribution is 2.25. The Hall–Kier alpha value is -3.62. The van der Waals surface area contributed by atoms with Gasteiger partial charge in [-0.25, -0.2) is 13.1 Å². The van der Waals surface area contributed by atoms with E-state index in [0.717, 1.165) is 16.8 Å². The van der Waals surface area contributed by atoms with Gasteiger partial charge in [0.1, 0.15) is 11.8 Å². The van der Waals surface area contributed by atoms with Crippen LogP contribution >= 0.6 is 0 Å². The molecular weight excluding hydrogens is 459 g/mol. The van der Waals surface area contributed by atoms with Gasteiger partial charge in [-0.15, -0.1) is 0 Å². The molecule has 0 aliphatic heterocycles. The number of fused-ring (bicyclic) bond motifs is 1. The predicted octanol–water partition coefficient (Wildman–Crippen LogP) is 3.96. The first-order valence-corrected chi connectivity index (χ1v) is 11.1. The molecule has 0 heterocycles. The number of sulfonamides is 1. The van der Waals surface area contributed by atoms with Gasteiger partial charge in [-0.05, 0) is 41.1 Å². The maximum atomic E-state index is 12.5. The summed E-state index contributed by atoms with van der Waals surface area (Å²) in [4.78, 5) is 12.2. The number of hydrogen-bond acceptors (Lipinski definition) is 5. The van der Waals surface area contributed by atoms with Gasteiger partial charge in [0, 0.05) is 18.7 Å². The van der Waals surface area contributed by atoms with Crippen molar-refractivity contribution >= 4 is 32.4 Å². The van der Waals surface area contributed by atoms with Crippen LogP contribution < -0.4 is 14.8 Å². The lowest BCUT2D eigenvalue weighted by Gasteiger charge is -2.12. The molecule has 0 saturated carbocycles. The average molecular weight is 477 g/mol. The van der Waals surface area contributed by atoms with E-state index >= 15 is 0 Å². The molecule has 3 aromatic rings.